The fraction of sp³-hybridized carbons (Fsp3) is 0.833. The summed E-state index contributed by atoms with van der Waals surface area (Å²) in [5.41, 5.74) is 5.15. The van der Waals surface area contributed by atoms with Crippen molar-refractivity contribution in [2.75, 3.05) is 33.4 Å². The van der Waals surface area contributed by atoms with Gasteiger partial charge in [0.25, 0.3) is 0 Å². The van der Waals surface area contributed by atoms with Crippen molar-refractivity contribution in [1.82, 2.24) is 4.90 Å². The fourth-order valence-corrected chi connectivity index (χ4v) is 0.483. The fourth-order valence-electron chi connectivity index (χ4n) is 0.483. The summed E-state index contributed by atoms with van der Waals surface area (Å²) in [4.78, 5) is 11.4. The van der Waals surface area contributed by atoms with E-state index in [0.29, 0.717) is 26.3 Å². The van der Waals surface area contributed by atoms with Crippen LogP contribution in [-0.2, 0) is 4.74 Å². The second kappa shape index (κ2) is 5.94. The van der Waals surface area contributed by atoms with Crippen LogP contribution >= 0.6 is 0 Å². The first-order valence-corrected chi connectivity index (χ1v) is 3.40. The Balaban J connectivity index is 3.17. The number of hydrogen-bond acceptors (Lipinski definition) is 3. The summed E-state index contributed by atoms with van der Waals surface area (Å²) < 4.78 is 4.97. The van der Waals surface area contributed by atoms with Crippen LogP contribution < -0.4 is 5.73 Å². The van der Waals surface area contributed by atoms with E-state index in [0.717, 1.165) is 4.90 Å². The molecule has 0 aliphatic rings. The number of carbonyl (C=O) groups is 1. The molecule has 0 heterocycles. The summed E-state index contributed by atoms with van der Waals surface area (Å²) in [6.07, 6.45) is -0.943. The number of amides is 1. The van der Waals surface area contributed by atoms with E-state index in [4.69, 9.17) is 15.6 Å². The van der Waals surface area contributed by atoms with E-state index in [1.54, 1.807) is 0 Å². The van der Waals surface area contributed by atoms with Gasteiger partial charge in [-0.25, -0.2) is 4.79 Å². The molecule has 0 aromatic carbocycles. The molecular formula is C6H14N2O3. The third-order valence-electron chi connectivity index (χ3n) is 1.16. The van der Waals surface area contributed by atoms with E-state index in [-0.39, 0.29) is 0 Å². The van der Waals surface area contributed by atoms with Crippen LogP contribution in [0.25, 0.3) is 0 Å². The standard InChI is InChI=1S/C6H14N2O3/c1-8(6(9)10)3-5-11-4-2-7/h2-5,7H2,1H3,(H,9,10). The molecular weight excluding hydrogens is 148 g/mol. The van der Waals surface area contributed by atoms with Gasteiger partial charge >= 0.3 is 6.09 Å². The molecule has 0 saturated carbocycles. The average molecular weight is 162 g/mol. The van der Waals surface area contributed by atoms with Crippen molar-refractivity contribution in [2.45, 2.75) is 0 Å². The summed E-state index contributed by atoms with van der Waals surface area (Å²) in [7, 11) is 1.49. The van der Waals surface area contributed by atoms with Crippen molar-refractivity contribution in [2.24, 2.45) is 5.73 Å². The lowest BCUT2D eigenvalue weighted by Gasteiger charge is -2.11. The molecule has 0 rings (SSSR count). The van der Waals surface area contributed by atoms with Gasteiger partial charge in [-0.05, 0) is 0 Å². The zero-order valence-electron chi connectivity index (χ0n) is 6.62. The van der Waals surface area contributed by atoms with Crippen LogP contribution in [-0.4, -0.2) is 49.5 Å². The average Bonchev–Trinajstić information content (AvgIpc) is 1.97. The summed E-state index contributed by atoms with van der Waals surface area (Å²) in [5.74, 6) is 0. The molecule has 0 aromatic rings. The van der Waals surface area contributed by atoms with Crippen molar-refractivity contribution in [3.8, 4) is 0 Å². The quantitative estimate of drug-likeness (QED) is 0.538. The molecule has 0 spiro atoms. The number of rotatable bonds is 5. The van der Waals surface area contributed by atoms with Gasteiger partial charge < -0.3 is 20.5 Å². The number of ether oxygens (including phenoxy) is 1. The minimum atomic E-state index is -0.943. The topological polar surface area (TPSA) is 75.8 Å². The monoisotopic (exact) mass is 162 g/mol. The SMILES string of the molecule is CN(CCOCCN)C(=O)O. The smallest absolute Gasteiger partial charge is 0.407 e. The van der Waals surface area contributed by atoms with Crippen molar-refractivity contribution in [1.29, 1.82) is 0 Å². The molecule has 66 valence electrons. The number of hydrogen-bond donors (Lipinski definition) is 2. The molecule has 0 unspecified atom stereocenters. The lowest BCUT2D eigenvalue weighted by molar-refractivity contribution is 0.107. The highest BCUT2D eigenvalue weighted by Crippen LogP contribution is 1.83. The molecule has 3 N–H and O–H groups in total. The van der Waals surface area contributed by atoms with Gasteiger partial charge in [-0.3, -0.25) is 0 Å². The first kappa shape index (κ1) is 10.2. The summed E-state index contributed by atoms with van der Waals surface area (Å²) in [5, 5.41) is 8.38. The summed E-state index contributed by atoms with van der Waals surface area (Å²) in [6, 6.07) is 0. The van der Waals surface area contributed by atoms with Gasteiger partial charge in [-0.15, -0.1) is 0 Å². The molecule has 0 bridgehead atoms. The van der Waals surface area contributed by atoms with Crippen LogP contribution in [0.3, 0.4) is 0 Å². The Morgan fingerprint density at radius 1 is 1.64 bits per heavy atom. The number of nitrogens with zero attached hydrogens (tertiary/aromatic N) is 1. The van der Waals surface area contributed by atoms with Crippen molar-refractivity contribution < 1.29 is 14.6 Å². The Kier molecular flexibility index (Phi) is 5.50. The Labute approximate surface area is 65.7 Å². The van der Waals surface area contributed by atoms with E-state index < -0.39 is 6.09 Å². The summed E-state index contributed by atoms with van der Waals surface area (Å²) >= 11 is 0. The molecule has 0 atom stereocenters. The van der Waals surface area contributed by atoms with Crippen LogP contribution in [0.5, 0.6) is 0 Å². The highest BCUT2D eigenvalue weighted by atomic mass is 16.5. The second-order valence-corrected chi connectivity index (χ2v) is 2.11. The minimum absolute atomic E-state index is 0.384. The lowest BCUT2D eigenvalue weighted by atomic mass is 10.6. The van der Waals surface area contributed by atoms with E-state index >= 15 is 0 Å². The van der Waals surface area contributed by atoms with Gasteiger partial charge in [-0.1, -0.05) is 0 Å². The number of likely N-dealkylation sites (N-methyl/N-ethyl adjacent to an activating group) is 1. The molecule has 0 fully saturated rings. The number of nitrogens with two attached hydrogens (primary N) is 1. The maximum Gasteiger partial charge on any atom is 0.407 e. The highest BCUT2D eigenvalue weighted by molar-refractivity contribution is 5.64. The Morgan fingerprint density at radius 2 is 2.27 bits per heavy atom. The lowest BCUT2D eigenvalue weighted by Crippen LogP contribution is -2.28. The van der Waals surface area contributed by atoms with E-state index in [2.05, 4.69) is 0 Å². The first-order valence-electron chi connectivity index (χ1n) is 3.40. The van der Waals surface area contributed by atoms with Crippen LogP contribution in [0.2, 0.25) is 0 Å². The van der Waals surface area contributed by atoms with E-state index in [9.17, 15) is 4.79 Å². The van der Waals surface area contributed by atoms with Crippen LogP contribution in [0.1, 0.15) is 0 Å². The van der Waals surface area contributed by atoms with Crippen molar-refractivity contribution in [3.05, 3.63) is 0 Å². The predicted molar refractivity (Wildman–Crippen MR) is 40.5 cm³/mol. The molecule has 0 aromatic heterocycles. The van der Waals surface area contributed by atoms with Gasteiger partial charge in [0.2, 0.25) is 0 Å². The third kappa shape index (κ3) is 5.63. The van der Waals surface area contributed by atoms with E-state index in [1.165, 1.54) is 7.05 Å². The van der Waals surface area contributed by atoms with E-state index in [1.807, 2.05) is 0 Å². The van der Waals surface area contributed by atoms with Gasteiger partial charge in [0, 0.05) is 20.1 Å². The van der Waals surface area contributed by atoms with Crippen LogP contribution in [0.4, 0.5) is 4.79 Å². The molecule has 0 aliphatic carbocycles. The molecule has 11 heavy (non-hydrogen) atoms. The van der Waals surface area contributed by atoms with Gasteiger partial charge in [0.1, 0.15) is 0 Å². The Hall–Kier alpha value is -0.810. The Bertz CT molecular complexity index is 118. The maximum absolute atomic E-state index is 10.2. The molecule has 5 heteroatoms. The normalized spacial score (nSPS) is 9.64. The maximum atomic E-state index is 10.2. The van der Waals surface area contributed by atoms with Crippen LogP contribution in [0.15, 0.2) is 0 Å². The molecule has 5 nitrogen and oxygen atoms in total. The Morgan fingerprint density at radius 3 is 2.73 bits per heavy atom. The highest BCUT2D eigenvalue weighted by Gasteiger charge is 2.02. The summed E-state index contributed by atoms with van der Waals surface area (Å²) in [6.45, 7) is 1.74. The van der Waals surface area contributed by atoms with Crippen molar-refractivity contribution >= 4 is 6.09 Å². The van der Waals surface area contributed by atoms with Crippen molar-refractivity contribution in [3.63, 3.8) is 0 Å². The van der Waals surface area contributed by atoms with Gasteiger partial charge in [0.15, 0.2) is 0 Å². The molecule has 0 saturated heterocycles. The minimum Gasteiger partial charge on any atom is -0.465 e. The predicted octanol–water partition coefficient (Wildman–Crippen LogP) is -0.428. The zero-order chi connectivity index (χ0) is 8.69. The second-order valence-electron chi connectivity index (χ2n) is 2.11. The van der Waals surface area contributed by atoms with Gasteiger partial charge in [0.05, 0.1) is 13.2 Å². The third-order valence-corrected chi connectivity index (χ3v) is 1.16. The first-order chi connectivity index (χ1) is 5.18. The van der Waals surface area contributed by atoms with Crippen LogP contribution in [0, 0.1) is 0 Å². The van der Waals surface area contributed by atoms with Gasteiger partial charge in [-0.2, -0.15) is 0 Å². The largest absolute Gasteiger partial charge is 0.465 e. The molecule has 1 amide bonds. The molecule has 0 aliphatic heterocycles. The number of carboxylic acid groups (broad SMARTS) is 1. The molecule has 0 radical (unpaired) electrons. The zero-order valence-corrected chi connectivity index (χ0v) is 6.62.